The average Bonchev–Trinajstić information content (AvgIpc) is 3.10. The van der Waals surface area contributed by atoms with Crippen molar-refractivity contribution in [3.8, 4) is 11.5 Å². The van der Waals surface area contributed by atoms with Crippen molar-refractivity contribution in [1.82, 2.24) is 4.90 Å². The Balaban J connectivity index is 1.63. The molecule has 5 nitrogen and oxygen atoms in total. The first-order chi connectivity index (χ1) is 12.2. The molecular formula is C20H24N2O3. The number of carbonyl (C=O) groups excluding carboxylic acids is 1. The van der Waals surface area contributed by atoms with Crippen LogP contribution in [0.5, 0.6) is 11.5 Å². The molecule has 25 heavy (non-hydrogen) atoms. The van der Waals surface area contributed by atoms with Crippen LogP contribution in [-0.2, 0) is 4.79 Å². The molecule has 0 saturated carbocycles. The second-order valence-corrected chi connectivity index (χ2v) is 6.18. The molecule has 1 N–H and O–H groups in total. The van der Waals surface area contributed by atoms with E-state index in [2.05, 4.69) is 22.3 Å². The normalized spacial score (nSPS) is 17.3. The number of rotatable bonds is 6. The van der Waals surface area contributed by atoms with Gasteiger partial charge in [0.2, 0.25) is 5.91 Å². The maximum Gasteiger partial charge on any atom is 0.238 e. The van der Waals surface area contributed by atoms with Gasteiger partial charge in [0.1, 0.15) is 11.5 Å². The van der Waals surface area contributed by atoms with E-state index in [0.29, 0.717) is 6.54 Å². The van der Waals surface area contributed by atoms with Gasteiger partial charge >= 0.3 is 0 Å². The number of amides is 1. The van der Waals surface area contributed by atoms with Crippen molar-refractivity contribution < 1.29 is 14.3 Å². The van der Waals surface area contributed by atoms with Crippen molar-refractivity contribution in [2.45, 2.75) is 18.9 Å². The van der Waals surface area contributed by atoms with Crippen LogP contribution in [0.3, 0.4) is 0 Å². The largest absolute Gasteiger partial charge is 0.497 e. The van der Waals surface area contributed by atoms with Crippen LogP contribution >= 0.6 is 0 Å². The van der Waals surface area contributed by atoms with Gasteiger partial charge in [0.05, 0.1) is 20.8 Å². The van der Waals surface area contributed by atoms with Gasteiger partial charge in [-0.2, -0.15) is 0 Å². The maximum absolute atomic E-state index is 12.4. The molecule has 0 unspecified atom stereocenters. The number of benzene rings is 2. The van der Waals surface area contributed by atoms with Crippen LogP contribution in [0.2, 0.25) is 0 Å². The zero-order valence-electron chi connectivity index (χ0n) is 14.7. The third kappa shape index (κ3) is 4.31. The molecule has 0 aromatic heterocycles. The van der Waals surface area contributed by atoms with Crippen molar-refractivity contribution >= 4 is 11.6 Å². The Kier molecular flexibility index (Phi) is 5.56. The molecule has 132 valence electrons. The Labute approximate surface area is 148 Å². The number of likely N-dealkylation sites (tertiary alicyclic amines) is 1. The fourth-order valence-electron chi connectivity index (χ4n) is 3.30. The summed E-state index contributed by atoms with van der Waals surface area (Å²) in [6, 6.07) is 15.7. The number of carbonyl (C=O) groups is 1. The highest BCUT2D eigenvalue weighted by atomic mass is 16.5. The lowest BCUT2D eigenvalue weighted by Crippen LogP contribution is -2.32. The van der Waals surface area contributed by atoms with Gasteiger partial charge in [0, 0.05) is 11.7 Å². The quantitative estimate of drug-likeness (QED) is 0.875. The van der Waals surface area contributed by atoms with Gasteiger partial charge < -0.3 is 14.8 Å². The number of nitrogens with one attached hydrogen (secondary N) is 1. The number of ether oxygens (including phenoxy) is 2. The second-order valence-electron chi connectivity index (χ2n) is 6.18. The van der Waals surface area contributed by atoms with Gasteiger partial charge in [0.15, 0.2) is 0 Å². The van der Waals surface area contributed by atoms with Crippen LogP contribution in [0.1, 0.15) is 24.4 Å². The highest BCUT2D eigenvalue weighted by Gasteiger charge is 2.27. The Hall–Kier alpha value is -2.53. The van der Waals surface area contributed by atoms with E-state index in [1.807, 2.05) is 36.4 Å². The summed E-state index contributed by atoms with van der Waals surface area (Å²) in [5.74, 6) is 1.63. The van der Waals surface area contributed by atoms with E-state index < -0.39 is 0 Å². The monoisotopic (exact) mass is 340 g/mol. The topological polar surface area (TPSA) is 50.8 Å². The second kappa shape index (κ2) is 8.03. The van der Waals surface area contributed by atoms with E-state index >= 15 is 0 Å². The fourth-order valence-corrected chi connectivity index (χ4v) is 3.30. The predicted molar refractivity (Wildman–Crippen MR) is 98.2 cm³/mol. The van der Waals surface area contributed by atoms with Gasteiger partial charge in [-0.1, -0.05) is 12.1 Å². The predicted octanol–water partition coefficient (Wildman–Crippen LogP) is 3.48. The SMILES string of the molecule is COc1ccc(NC(=O)CN2CCC[C@@H]2c2cccc(OC)c2)cc1. The van der Waals surface area contributed by atoms with Gasteiger partial charge in [-0.05, 0) is 61.3 Å². The molecule has 1 fully saturated rings. The summed E-state index contributed by atoms with van der Waals surface area (Å²) < 4.78 is 10.5. The van der Waals surface area contributed by atoms with Crippen LogP contribution in [0, 0.1) is 0 Å². The molecule has 1 heterocycles. The summed E-state index contributed by atoms with van der Waals surface area (Å²) >= 11 is 0. The minimum atomic E-state index is -0.0000343. The van der Waals surface area contributed by atoms with Gasteiger partial charge in [-0.25, -0.2) is 0 Å². The van der Waals surface area contributed by atoms with Crippen LogP contribution in [0.4, 0.5) is 5.69 Å². The maximum atomic E-state index is 12.4. The minimum absolute atomic E-state index is 0.0000343. The molecule has 1 amide bonds. The first kappa shape index (κ1) is 17.3. The zero-order valence-corrected chi connectivity index (χ0v) is 14.7. The summed E-state index contributed by atoms with van der Waals surface area (Å²) in [5.41, 5.74) is 1.98. The van der Waals surface area contributed by atoms with Crippen molar-refractivity contribution in [3.63, 3.8) is 0 Å². The third-order valence-corrected chi connectivity index (χ3v) is 4.56. The molecular weight excluding hydrogens is 316 g/mol. The standard InChI is InChI=1S/C20H24N2O3/c1-24-17-10-8-16(9-11-17)21-20(23)14-22-12-4-7-19(22)15-5-3-6-18(13-15)25-2/h3,5-6,8-11,13,19H,4,7,12,14H2,1-2H3,(H,21,23)/t19-/m1/s1. The van der Waals surface area contributed by atoms with E-state index in [1.165, 1.54) is 5.56 Å². The number of hydrogen-bond donors (Lipinski definition) is 1. The van der Waals surface area contributed by atoms with E-state index in [1.54, 1.807) is 14.2 Å². The molecule has 0 aliphatic carbocycles. The summed E-state index contributed by atoms with van der Waals surface area (Å²) in [4.78, 5) is 14.6. The average molecular weight is 340 g/mol. The lowest BCUT2D eigenvalue weighted by Gasteiger charge is -2.24. The first-order valence-electron chi connectivity index (χ1n) is 8.51. The highest BCUT2D eigenvalue weighted by molar-refractivity contribution is 5.92. The zero-order chi connectivity index (χ0) is 17.6. The molecule has 0 radical (unpaired) electrons. The molecule has 5 heteroatoms. The van der Waals surface area contributed by atoms with Gasteiger partial charge in [0.25, 0.3) is 0 Å². The fraction of sp³-hybridized carbons (Fsp3) is 0.350. The molecule has 1 aliphatic rings. The highest BCUT2D eigenvalue weighted by Crippen LogP contribution is 2.33. The summed E-state index contributed by atoms with van der Waals surface area (Å²) in [7, 11) is 3.30. The van der Waals surface area contributed by atoms with Gasteiger partial charge in [-0.15, -0.1) is 0 Å². The van der Waals surface area contributed by atoms with E-state index in [0.717, 1.165) is 36.6 Å². The minimum Gasteiger partial charge on any atom is -0.497 e. The van der Waals surface area contributed by atoms with Gasteiger partial charge in [-0.3, -0.25) is 9.69 Å². The van der Waals surface area contributed by atoms with Crippen LogP contribution in [0.25, 0.3) is 0 Å². The Bertz CT molecular complexity index is 715. The van der Waals surface area contributed by atoms with Crippen molar-refractivity contribution in [3.05, 3.63) is 54.1 Å². The summed E-state index contributed by atoms with van der Waals surface area (Å²) in [5, 5.41) is 2.95. The number of methoxy groups -OCH3 is 2. The molecule has 2 aromatic carbocycles. The molecule has 3 rings (SSSR count). The molecule has 1 saturated heterocycles. The summed E-state index contributed by atoms with van der Waals surface area (Å²) in [6.45, 7) is 1.31. The first-order valence-corrected chi connectivity index (χ1v) is 8.51. The van der Waals surface area contributed by atoms with E-state index in [-0.39, 0.29) is 11.9 Å². The van der Waals surface area contributed by atoms with Crippen LogP contribution in [0.15, 0.2) is 48.5 Å². The van der Waals surface area contributed by atoms with E-state index in [4.69, 9.17) is 9.47 Å². The summed E-state index contributed by atoms with van der Waals surface area (Å²) in [6.07, 6.45) is 2.15. The van der Waals surface area contributed by atoms with Crippen LogP contribution < -0.4 is 14.8 Å². The smallest absolute Gasteiger partial charge is 0.238 e. The Morgan fingerprint density at radius 2 is 1.88 bits per heavy atom. The van der Waals surface area contributed by atoms with Crippen molar-refractivity contribution in [2.24, 2.45) is 0 Å². The Morgan fingerprint density at radius 3 is 2.60 bits per heavy atom. The Morgan fingerprint density at radius 1 is 1.12 bits per heavy atom. The number of hydrogen-bond acceptors (Lipinski definition) is 4. The number of nitrogens with zero attached hydrogens (tertiary/aromatic N) is 1. The van der Waals surface area contributed by atoms with Crippen molar-refractivity contribution in [2.75, 3.05) is 32.6 Å². The number of anilines is 1. The third-order valence-electron chi connectivity index (χ3n) is 4.56. The molecule has 0 bridgehead atoms. The lowest BCUT2D eigenvalue weighted by atomic mass is 10.0. The molecule has 2 aromatic rings. The van der Waals surface area contributed by atoms with E-state index in [9.17, 15) is 4.79 Å². The molecule has 1 atom stereocenters. The lowest BCUT2D eigenvalue weighted by molar-refractivity contribution is -0.117. The molecule has 1 aliphatic heterocycles. The molecule has 0 spiro atoms. The van der Waals surface area contributed by atoms with Crippen LogP contribution in [-0.4, -0.2) is 38.1 Å². The van der Waals surface area contributed by atoms with Crippen molar-refractivity contribution in [1.29, 1.82) is 0 Å².